The van der Waals surface area contributed by atoms with Crippen molar-refractivity contribution in [2.75, 3.05) is 32.7 Å². The highest BCUT2D eigenvalue weighted by molar-refractivity contribution is 5.82. The van der Waals surface area contributed by atoms with E-state index in [2.05, 4.69) is 46.6 Å². The van der Waals surface area contributed by atoms with Crippen LogP contribution in [-0.2, 0) is 0 Å². The second-order valence-corrected chi connectivity index (χ2v) is 6.80. The van der Waals surface area contributed by atoms with Crippen molar-refractivity contribution >= 4 is 17.0 Å². The van der Waals surface area contributed by atoms with Gasteiger partial charge in [0.2, 0.25) is 0 Å². The Morgan fingerprint density at radius 2 is 2.00 bits per heavy atom. The third-order valence-electron chi connectivity index (χ3n) is 5.25. The van der Waals surface area contributed by atoms with Crippen LogP contribution in [0.4, 0.5) is 4.79 Å². The first kappa shape index (κ1) is 19.1. The third kappa shape index (κ3) is 4.55. The predicted molar refractivity (Wildman–Crippen MR) is 106 cm³/mol. The summed E-state index contributed by atoms with van der Waals surface area (Å²) in [5.41, 5.74) is 2.89. The number of likely N-dealkylation sites (tertiary alicyclic amines) is 1. The van der Waals surface area contributed by atoms with Crippen LogP contribution in [0.1, 0.15) is 43.9 Å². The lowest BCUT2D eigenvalue weighted by Crippen LogP contribution is -2.37. The highest BCUT2D eigenvalue weighted by Crippen LogP contribution is 2.31. The summed E-state index contributed by atoms with van der Waals surface area (Å²) in [5.74, 6) is 6.76. The van der Waals surface area contributed by atoms with E-state index in [0.717, 1.165) is 54.6 Å². The molecule has 0 unspecified atom stereocenters. The molecule has 1 aromatic carbocycles. The molecule has 1 amide bonds. The van der Waals surface area contributed by atoms with Crippen LogP contribution in [0, 0.1) is 11.8 Å². The molecule has 6 heteroatoms. The molecule has 1 N–H and O–H groups in total. The summed E-state index contributed by atoms with van der Waals surface area (Å²) in [4.78, 5) is 23.8. The number of hydrogen-bond donors (Lipinski definition) is 1. The maximum absolute atomic E-state index is 11.1. The molecular weight excluding hydrogens is 340 g/mol. The van der Waals surface area contributed by atoms with E-state index in [1.54, 1.807) is 6.33 Å². The van der Waals surface area contributed by atoms with Gasteiger partial charge in [-0.3, -0.25) is 4.90 Å². The summed E-state index contributed by atoms with van der Waals surface area (Å²) in [6.07, 6.45) is 2.34. The molecular formula is C21H26N4O2. The normalized spacial score (nSPS) is 15.0. The highest BCUT2D eigenvalue weighted by Gasteiger charge is 2.25. The van der Waals surface area contributed by atoms with Crippen LogP contribution >= 0.6 is 0 Å². The molecule has 1 aromatic heterocycles. The average molecular weight is 366 g/mol. The molecule has 1 aliphatic heterocycles. The van der Waals surface area contributed by atoms with E-state index in [0.29, 0.717) is 13.1 Å². The molecule has 0 spiro atoms. The Kier molecular flexibility index (Phi) is 6.25. The zero-order valence-corrected chi connectivity index (χ0v) is 16.0. The van der Waals surface area contributed by atoms with Gasteiger partial charge in [-0.15, -0.1) is 0 Å². The smallest absolute Gasteiger partial charge is 0.407 e. The van der Waals surface area contributed by atoms with Crippen molar-refractivity contribution < 1.29 is 9.90 Å². The molecule has 2 aromatic rings. The van der Waals surface area contributed by atoms with Crippen molar-refractivity contribution in [1.29, 1.82) is 0 Å². The molecule has 0 bridgehead atoms. The molecule has 1 aliphatic rings. The van der Waals surface area contributed by atoms with Gasteiger partial charge in [-0.25, -0.2) is 14.8 Å². The number of amides is 1. The van der Waals surface area contributed by atoms with Gasteiger partial charge < -0.3 is 10.0 Å². The van der Waals surface area contributed by atoms with E-state index >= 15 is 0 Å². The molecule has 1 fully saturated rings. The SMILES string of the molecule is CCN(CC)CC#Cc1ccc2ncnc(C3CCN(C(=O)O)CC3)c2c1. The van der Waals surface area contributed by atoms with Crippen molar-refractivity contribution in [3.05, 3.63) is 35.8 Å². The molecule has 1 saturated heterocycles. The zero-order chi connectivity index (χ0) is 19.2. The first-order chi connectivity index (χ1) is 13.1. The molecule has 3 rings (SSSR count). The minimum atomic E-state index is -0.841. The summed E-state index contributed by atoms with van der Waals surface area (Å²) in [6.45, 7) is 8.13. The van der Waals surface area contributed by atoms with Crippen molar-refractivity contribution in [3.8, 4) is 11.8 Å². The first-order valence-corrected chi connectivity index (χ1v) is 9.56. The molecule has 27 heavy (non-hydrogen) atoms. The summed E-state index contributed by atoms with van der Waals surface area (Å²) in [6, 6.07) is 6.07. The van der Waals surface area contributed by atoms with E-state index in [1.807, 2.05) is 12.1 Å². The van der Waals surface area contributed by atoms with Gasteiger partial charge in [-0.05, 0) is 44.1 Å². The van der Waals surface area contributed by atoms with E-state index in [4.69, 9.17) is 5.11 Å². The fraction of sp³-hybridized carbons (Fsp3) is 0.476. The van der Waals surface area contributed by atoms with Crippen LogP contribution in [0.2, 0.25) is 0 Å². The van der Waals surface area contributed by atoms with Crippen molar-refractivity contribution in [1.82, 2.24) is 19.8 Å². The predicted octanol–water partition coefficient (Wildman–Crippen LogP) is 3.18. The third-order valence-corrected chi connectivity index (χ3v) is 5.25. The molecule has 0 saturated carbocycles. The minimum Gasteiger partial charge on any atom is -0.465 e. The van der Waals surface area contributed by atoms with Crippen LogP contribution in [0.25, 0.3) is 10.9 Å². The van der Waals surface area contributed by atoms with Crippen LogP contribution in [-0.4, -0.2) is 63.7 Å². The van der Waals surface area contributed by atoms with Crippen molar-refractivity contribution in [2.45, 2.75) is 32.6 Å². The van der Waals surface area contributed by atoms with E-state index < -0.39 is 6.09 Å². The van der Waals surface area contributed by atoms with Gasteiger partial charge in [0.25, 0.3) is 0 Å². The molecule has 0 atom stereocenters. The van der Waals surface area contributed by atoms with Gasteiger partial charge in [0, 0.05) is 30.0 Å². The van der Waals surface area contributed by atoms with E-state index in [-0.39, 0.29) is 5.92 Å². The number of fused-ring (bicyclic) bond motifs is 1. The number of carboxylic acid groups (broad SMARTS) is 1. The number of benzene rings is 1. The minimum absolute atomic E-state index is 0.255. The molecule has 142 valence electrons. The molecule has 2 heterocycles. The maximum atomic E-state index is 11.1. The Labute approximate surface area is 160 Å². The molecule has 0 aliphatic carbocycles. The van der Waals surface area contributed by atoms with Crippen molar-refractivity contribution in [3.63, 3.8) is 0 Å². The largest absolute Gasteiger partial charge is 0.465 e. The van der Waals surface area contributed by atoms with E-state index in [9.17, 15) is 4.79 Å². The second-order valence-electron chi connectivity index (χ2n) is 6.80. The maximum Gasteiger partial charge on any atom is 0.407 e. The zero-order valence-electron chi connectivity index (χ0n) is 16.0. The average Bonchev–Trinajstić information content (AvgIpc) is 2.71. The first-order valence-electron chi connectivity index (χ1n) is 9.56. The van der Waals surface area contributed by atoms with Gasteiger partial charge >= 0.3 is 6.09 Å². The Balaban J connectivity index is 1.83. The Morgan fingerprint density at radius 3 is 2.67 bits per heavy atom. The lowest BCUT2D eigenvalue weighted by Gasteiger charge is -2.30. The van der Waals surface area contributed by atoms with Crippen LogP contribution in [0.5, 0.6) is 0 Å². The number of aromatic nitrogens is 2. The molecule has 0 radical (unpaired) electrons. The number of rotatable bonds is 4. The number of nitrogens with zero attached hydrogens (tertiary/aromatic N) is 4. The number of hydrogen-bond acceptors (Lipinski definition) is 4. The fourth-order valence-corrected chi connectivity index (χ4v) is 3.52. The Bertz CT molecular complexity index is 859. The summed E-state index contributed by atoms with van der Waals surface area (Å²) in [7, 11) is 0. The lowest BCUT2D eigenvalue weighted by atomic mass is 9.91. The standard InChI is InChI=1S/C21H26N4O2/c1-3-24(4-2)11-5-6-16-7-8-19-18(14-16)20(23-15-22-19)17-9-12-25(13-10-17)21(26)27/h7-8,14-15,17H,3-4,9-13H2,1-2H3,(H,26,27). The monoisotopic (exact) mass is 366 g/mol. The second kappa shape index (κ2) is 8.83. The number of piperidine rings is 1. The van der Waals surface area contributed by atoms with Crippen LogP contribution in [0.15, 0.2) is 24.5 Å². The van der Waals surface area contributed by atoms with E-state index in [1.165, 1.54) is 4.90 Å². The van der Waals surface area contributed by atoms with Gasteiger partial charge in [-0.2, -0.15) is 0 Å². The van der Waals surface area contributed by atoms with Gasteiger partial charge in [0.05, 0.1) is 17.8 Å². The quantitative estimate of drug-likeness (QED) is 0.842. The summed E-state index contributed by atoms with van der Waals surface area (Å²) in [5, 5.41) is 10.2. The number of carbonyl (C=O) groups is 1. The molecule has 6 nitrogen and oxygen atoms in total. The topological polar surface area (TPSA) is 69.6 Å². The Hall–Kier alpha value is -2.65. The van der Waals surface area contributed by atoms with Crippen LogP contribution in [0.3, 0.4) is 0 Å². The highest BCUT2D eigenvalue weighted by atomic mass is 16.4. The van der Waals surface area contributed by atoms with Crippen molar-refractivity contribution in [2.24, 2.45) is 0 Å². The van der Waals surface area contributed by atoms with Gasteiger partial charge in [0.15, 0.2) is 0 Å². The lowest BCUT2D eigenvalue weighted by molar-refractivity contribution is 0.132. The summed E-state index contributed by atoms with van der Waals surface area (Å²) >= 11 is 0. The van der Waals surface area contributed by atoms with Gasteiger partial charge in [0.1, 0.15) is 6.33 Å². The Morgan fingerprint density at radius 1 is 1.26 bits per heavy atom. The fourth-order valence-electron chi connectivity index (χ4n) is 3.52. The summed E-state index contributed by atoms with van der Waals surface area (Å²) < 4.78 is 0. The van der Waals surface area contributed by atoms with Crippen LogP contribution < -0.4 is 0 Å². The van der Waals surface area contributed by atoms with Gasteiger partial charge in [-0.1, -0.05) is 25.7 Å².